The summed E-state index contributed by atoms with van der Waals surface area (Å²) in [5, 5.41) is 10.6. The average molecular weight is 375 g/mol. The van der Waals surface area contributed by atoms with Crippen molar-refractivity contribution in [3.63, 3.8) is 0 Å². The first-order valence-electron chi connectivity index (χ1n) is 6.95. The molecule has 6 heteroatoms. The van der Waals surface area contributed by atoms with Gasteiger partial charge in [0.15, 0.2) is 4.77 Å². The van der Waals surface area contributed by atoms with E-state index in [0.29, 0.717) is 4.77 Å². The van der Waals surface area contributed by atoms with E-state index < -0.39 is 0 Å². The standard InChI is InChI=1S/C16H15BrN4S/c17-12-6-8-13(9-7-12)18-11-10-15-19-20-16(22)21(15)14-4-2-1-3-5-14/h1-9,18H,10-11H2,(H,20,22). The molecule has 2 aromatic carbocycles. The number of H-pyrrole nitrogens is 1. The summed E-state index contributed by atoms with van der Waals surface area (Å²) in [5.74, 6) is 0.917. The number of para-hydroxylation sites is 1. The summed E-state index contributed by atoms with van der Waals surface area (Å²) in [4.78, 5) is 0. The summed E-state index contributed by atoms with van der Waals surface area (Å²) < 4.78 is 3.66. The van der Waals surface area contributed by atoms with Crippen LogP contribution in [0.1, 0.15) is 5.82 Å². The Hall–Kier alpha value is -1.92. The molecule has 4 nitrogen and oxygen atoms in total. The van der Waals surface area contributed by atoms with Crippen molar-refractivity contribution >= 4 is 33.8 Å². The molecule has 0 amide bonds. The lowest BCUT2D eigenvalue weighted by Gasteiger charge is -2.08. The lowest BCUT2D eigenvalue weighted by Crippen LogP contribution is -2.09. The molecule has 0 fully saturated rings. The highest BCUT2D eigenvalue weighted by Gasteiger charge is 2.07. The molecule has 0 aliphatic heterocycles. The van der Waals surface area contributed by atoms with Crippen LogP contribution in [0.5, 0.6) is 0 Å². The number of halogens is 1. The summed E-state index contributed by atoms with van der Waals surface area (Å²) in [7, 11) is 0. The highest BCUT2D eigenvalue weighted by Crippen LogP contribution is 2.15. The first-order chi connectivity index (χ1) is 10.7. The van der Waals surface area contributed by atoms with Crippen LogP contribution in [0, 0.1) is 4.77 Å². The number of hydrogen-bond donors (Lipinski definition) is 2. The molecule has 2 N–H and O–H groups in total. The van der Waals surface area contributed by atoms with E-state index >= 15 is 0 Å². The Kier molecular flexibility index (Phi) is 4.70. The summed E-state index contributed by atoms with van der Waals surface area (Å²) in [5.41, 5.74) is 2.11. The smallest absolute Gasteiger partial charge is 0.199 e. The summed E-state index contributed by atoms with van der Waals surface area (Å²) >= 11 is 8.76. The molecule has 0 spiro atoms. The van der Waals surface area contributed by atoms with Crippen molar-refractivity contribution in [2.24, 2.45) is 0 Å². The zero-order chi connectivity index (χ0) is 15.4. The molecule has 112 valence electrons. The number of nitrogens with zero attached hydrogens (tertiary/aromatic N) is 2. The minimum atomic E-state index is 0.616. The van der Waals surface area contributed by atoms with E-state index in [4.69, 9.17) is 12.2 Å². The lowest BCUT2D eigenvalue weighted by atomic mass is 10.3. The molecule has 1 heterocycles. The number of aromatic amines is 1. The average Bonchev–Trinajstić information content (AvgIpc) is 2.91. The molecule has 1 aromatic heterocycles. The fourth-order valence-electron chi connectivity index (χ4n) is 2.23. The summed E-state index contributed by atoms with van der Waals surface area (Å²) in [6.07, 6.45) is 0.776. The Morgan fingerprint density at radius 1 is 1.09 bits per heavy atom. The minimum Gasteiger partial charge on any atom is -0.385 e. The van der Waals surface area contributed by atoms with E-state index in [1.165, 1.54) is 0 Å². The highest BCUT2D eigenvalue weighted by molar-refractivity contribution is 9.10. The third-order valence-electron chi connectivity index (χ3n) is 3.28. The second kappa shape index (κ2) is 6.89. The van der Waals surface area contributed by atoms with Crippen LogP contribution in [-0.4, -0.2) is 21.3 Å². The van der Waals surface area contributed by atoms with Crippen molar-refractivity contribution in [2.45, 2.75) is 6.42 Å². The van der Waals surface area contributed by atoms with Crippen LogP contribution in [-0.2, 0) is 6.42 Å². The number of anilines is 1. The number of rotatable bonds is 5. The Bertz CT molecular complexity index is 793. The minimum absolute atomic E-state index is 0.616. The van der Waals surface area contributed by atoms with Crippen molar-refractivity contribution in [1.82, 2.24) is 14.8 Å². The zero-order valence-electron chi connectivity index (χ0n) is 11.8. The van der Waals surface area contributed by atoms with Crippen molar-refractivity contribution in [3.05, 3.63) is 69.7 Å². The third-order valence-corrected chi connectivity index (χ3v) is 4.08. The Morgan fingerprint density at radius 3 is 2.55 bits per heavy atom. The molecule has 22 heavy (non-hydrogen) atoms. The van der Waals surface area contributed by atoms with E-state index in [-0.39, 0.29) is 0 Å². The SMILES string of the molecule is S=c1[nH]nc(CCNc2ccc(Br)cc2)n1-c1ccccc1. The molecule has 0 saturated heterocycles. The topological polar surface area (TPSA) is 45.6 Å². The monoisotopic (exact) mass is 374 g/mol. The van der Waals surface area contributed by atoms with Gasteiger partial charge in [0.25, 0.3) is 0 Å². The summed E-state index contributed by atoms with van der Waals surface area (Å²) in [6.45, 7) is 0.786. The van der Waals surface area contributed by atoms with Gasteiger partial charge in [-0.3, -0.25) is 9.67 Å². The third kappa shape index (κ3) is 3.45. The van der Waals surface area contributed by atoms with Gasteiger partial charge in [0, 0.05) is 28.8 Å². The molecular formula is C16H15BrN4S. The maximum Gasteiger partial charge on any atom is 0.199 e. The quantitative estimate of drug-likeness (QED) is 0.652. The van der Waals surface area contributed by atoms with E-state index in [1.807, 2.05) is 59.2 Å². The van der Waals surface area contributed by atoms with Gasteiger partial charge in [0.2, 0.25) is 0 Å². The summed E-state index contributed by atoms with van der Waals surface area (Å²) in [6, 6.07) is 18.1. The maximum atomic E-state index is 5.33. The van der Waals surface area contributed by atoms with Crippen LogP contribution in [0.2, 0.25) is 0 Å². The van der Waals surface area contributed by atoms with Gasteiger partial charge in [0.05, 0.1) is 0 Å². The molecule has 0 unspecified atom stereocenters. The Labute approximate surface area is 142 Å². The van der Waals surface area contributed by atoms with Gasteiger partial charge in [0.1, 0.15) is 5.82 Å². The maximum absolute atomic E-state index is 5.33. The number of aromatic nitrogens is 3. The van der Waals surface area contributed by atoms with Crippen LogP contribution in [0.4, 0.5) is 5.69 Å². The van der Waals surface area contributed by atoms with Crippen LogP contribution in [0.25, 0.3) is 5.69 Å². The van der Waals surface area contributed by atoms with Crippen molar-refractivity contribution in [3.8, 4) is 5.69 Å². The zero-order valence-corrected chi connectivity index (χ0v) is 14.2. The molecule has 3 rings (SSSR count). The first kappa shape index (κ1) is 15.0. The van der Waals surface area contributed by atoms with Crippen LogP contribution < -0.4 is 5.32 Å². The molecule has 0 atom stereocenters. The van der Waals surface area contributed by atoms with Gasteiger partial charge in [-0.1, -0.05) is 34.1 Å². The predicted octanol–water partition coefficient (Wildman–Crippen LogP) is 4.35. The first-order valence-corrected chi connectivity index (χ1v) is 8.15. The Balaban J connectivity index is 1.71. The molecule has 0 radical (unpaired) electrons. The van der Waals surface area contributed by atoms with E-state index in [1.54, 1.807) is 0 Å². The van der Waals surface area contributed by atoms with Gasteiger partial charge >= 0.3 is 0 Å². The van der Waals surface area contributed by atoms with E-state index in [9.17, 15) is 0 Å². The molecular weight excluding hydrogens is 360 g/mol. The van der Waals surface area contributed by atoms with Gasteiger partial charge in [-0.15, -0.1) is 0 Å². The number of hydrogen-bond acceptors (Lipinski definition) is 3. The molecule has 0 aliphatic carbocycles. The van der Waals surface area contributed by atoms with Crippen molar-refractivity contribution in [2.75, 3.05) is 11.9 Å². The number of nitrogens with one attached hydrogen (secondary N) is 2. The highest BCUT2D eigenvalue weighted by atomic mass is 79.9. The molecule has 0 saturated carbocycles. The number of benzene rings is 2. The second-order valence-electron chi connectivity index (χ2n) is 4.80. The normalized spacial score (nSPS) is 10.6. The predicted molar refractivity (Wildman–Crippen MR) is 95.1 cm³/mol. The van der Waals surface area contributed by atoms with Crippen molar-refractivity contribution < 1.29 is 0 Å². The van der Waals surface area contributed by atoms with Gasteiger partial charge in [-0.25, -0.2) is 0 Å². The van der Waals surface area contributed by atoms with Gasteiger partial charge in [-0.05, 0) is 48.6 Å². The van der Waals surface area contributed by atoms with Gasteiger partial charge in [-0.2, -0.15) is 5.10 Å². The largest absolute Gasteiger partial charge is 0.385 e. The van der Waals surface area contributed by atoms with Crippen molar-refractivity contribution in [1.29, 1.82) is 0 Å². The van der Waals surface area contributed by atoms with Gasteiger partial charge < -0.3 is 5.32 Å². The molecule has 3 aromatic rings. The Morgan fingerprint density at radius 2 is 1.82 bits per heavy atom. The second-order valence-corrected chi connectivity index (χ2v) is 6.10. The van der Waals surface area contributed by atoms with Crippen LogP contribution in [0.15, 0.2) is 59.1 Å². The lowest BCUT2D eigenvalue weighted by molar-refractivity contribution is 0.848. The van der Waals surface area contributed by atoms with E-state index in [2.05, 4.69) is 31.4 Å². The van der Waals surface area contributed by atoms with E-state index in [0.717, 1.165) is 34.6 Å². The molecule has 0 aliphatic rings. The fraction of sp³-hybridized carbons (Fsp3) is 0.125. The van der Waals surface area contributed by atoms with Crippen LogP contribution in [0.3, 0.4) is 0 Å². The molecule has 0 bridgehead atoms. The van der Waals surface area contributed by atoms with Crippen LogP contribution >= 0.6 is 28.1 Å². The fourth-order valence-corrected chi connectivity index (χ4v) is 2.75.